The minimum Gasteiger partial charge on any atom is -0.315 e. The van der Waals surface area contributed by atoms with Crippen molar-refractivity contribution in [2.75, 3.05) is 32.9 Å². The Balaban J connectivity index is 2.32. The summed E-state index contributed by atoms with van der Waals surface area (Å²) in [6, 6.07) is 0.542. The lowest BCUT2D eigenvalue weighted by molar-refractivity contribution is 0.202. The predicted molar refractivity (Wildman–Crippen MR) is 44.5 cm³/mol. The third-order valence-electron chi connectivity index (χ3n) is 2.31. The Bertz CT molecular complexity index is 108. The van der Waals surface area contributed by atoms with Gasteiger partial charge in [0.25, 0.3) is 0 Å². The van der Waals surface area contributed by atoms with Gasteiger partial charge in [-0.15, -0.1) is 0 Å². The fraction of sp³-hybridized carbons (Fsp3) is 1.00. The average molecular weight is 160 g/mol. The largest absolute Gasteiger partial charge is 0.315 e. The van der Waals surface area contributed by atoms with Gasteiger partial charge in [0, 0.05) is 25.7 Å². The van der Waals surface area contributed by atoms with Crippen LogP contribution in [0.2, 0.25) is 0 Å². The molecule has 0 bridgehead atoms. The Hall–Kier alpha value is -0.150. The molecule has 66 valence electrons. The van der Waals surface area contributed by atoms with Gasteiger partial charge >= 0.3 is 0 Å². The van der Waals surface area contributed by atoms with Crippen LogP contribution in [-0.2, 0) is 0 Å². The van der Waals surface area contributed by atoms with E-state index in [2.05, 4.69) is 17.1 Å². The van der Waals surface area contributed by atoms with E-state index >= 15 is 0 Å². The van der Waals surface area contributed by atoms with E-state index in [4.69, 9.17) is 0 Å². The van der Waals surface area contributed by atoms with E-state index in [0.29, 0.717) is 12.6 Å². The van der Waals surface area contributed by atoms with Crippen LogP contribution in [0.1, 0.15) is 13.3 Å². The molecule has 0 radical (unpaired) electrons. The SMILES string of the molecule is CC1CCNCCN1CCF. The van der Waals surface area contributed by atoms with Crippen molar-refractivity contribution in [3.8, 4) is 0 Å². The molecule has 1 unspecified atom stereocenters. The Morgan fingerprint density at radius 2 is 2.36 bits per heavy atom. The minimum absolute atomic E-state index is 0.218. The zero-order valence-electron chi connectivity index (χ0n) is 7.15. The number of nitrogens with one attached hydrogen (secondary N) is 1. The quantitative estimate of drug-likeness (QED) is 0.637. The first kappa shape index (κ1) is 8.94. The van der Waals surface area contributed by atoms with Crippen LogP contribution >= 0.6 is 0 Å². The van der Waals surface area contributed by atoms with Gasteiger partial charge in [-0.05, 0) is 19.9 Å². The highest BCUT2D eigenvalue weighted by Gasteiger charge is 2.15. The third-order valence-corrected chi connectivity index (χ3v) is 2.31. The van der Waals surface area contributed by atoms with Gasteiger partial charge in [-0.3, -0.25) is 4.90 Å². The van der Waals surface area contributed by atoms with Gasteiger partial charge in [-0.2, -0.15) is 0 Å². The second-order valence-corrected chi connectivity index (χ2v) is 3.11. The van der Waals surface area contributed by atoms with Crippen molar-refractivity contribution >= 4 is 0 Å². The van der Waals surface area contributed by atoms with Crippen molar-refractivity contribution in [3.05, 3.63) is 0 Å². The Morgan fingerprint density at radius 1 is 1.55 bits per heavy atom. The van der Waals surface area contributed by atoms with Crippen molar-refractivity contribution in [1.29, 1.82) is 0 Å². The van der Waals surface area contributed by atoms with Crippen molar-refractivity contribution < 1.29 is 4.39 Å². The molecule has 1 aliphatic rings. The zero-order chi connectivity index (χ0) is 8.10. The van der Waals surface area contributed by atoms with Crippen LogP contribution in [0.25, 0.3) is 0 Å². The number of nitrogens with zero attached hydrogens (tertiary/aromatic N) is 1. The summed E-state index contributed by atoms with van der Waals surface area (Å²) in [5.41, 5.74) is 0. The first-order valence-corrected chi connectivity index (χ1v) is 4.35. The molecule has 1 aliphatic heterocycles. The number of rotatable bonds is 2. The first-order valence-electron chi connectivity index (χ1n) is 4.35. The summed E-state index contributed by atoms with van der Waals surface area (Å²) in [6.45, 7) is 5.62. The van der Waals surface area contributed by atoms with Gasteiger partial charge in [0.15, 0.2) is 0 Å². The maximum absolute atomic E-state index is 12.0. The molecule has 11 heavy (non-hydrogen) atoms. The third kappa shape index (κ3) is 2.75. The standard InChI is InChI=1S/C8H17FN2/c1-8-2-4-10-5-7-11(8)6-3-9/h8,10H,2-7H2,1H3. The summed E-state index contributed by atoms with van der Waals surface area (Å²) in [6.07, 6.45) is 1.14. The number of alkyl halides is 1. The van der Waals surface area contributed by atoms with Gasteiger partial charge < -0.3 is 5.32 Å². The van der Waals surface area contributed by atoms with Crippen molar-refractivity contribution in [2.24, 2.45) is 0 Å². The van der Waals surface area contributed by atoms with Crippen LogP contribution in [0.15, 0.2) is 0 Å². The van der Waals surface area contributed by atoms with Crippen LogP contribution in [0.5, 0.6) is 0 Å². The summed E-state index contributed by atoms with van der Waals surface area (Å²) >= 11 is 0. The maximum Gasteiger partial charge on any atom is 0.102 e. The van der Waals surface area contributed by atoms with E-state index in [-0.39, 0.29) is 6.67 Å². The molecule has 1 saturated heterocycles. The molecule has 1 rings (SSSR count). The van der Waals surface area contributed by atoms with Gasteiger partial charge in [0.05, 0.1) is 0 Å². The molecular formula is C8H17FN2. The monoisotopic (exact) mass is 160 g/mol. The molecule has 1 fully saturated rings. The summed E-state index contributed by atoms with van der Waals surface area (Å²) in [5, 5.41) is 3.30. The highest BCUT2D eigenvalue weighted by molar-refractivity contribution is 4.72. The molecule has 1 atom stereocenters. The highest BCUT2D eigenvalue weighted by atomic mass is 19.1. The van der Waals surface area contributed by atoms with Crippen molar-refractivity contribution in [1.82, 2.24) is 10.2 Å². The second-order valence-electron chi connectivity index (χ2n) is 3.11. The molecule has 1 heterocycles. The molecule has 0 aromatic carbocycles. The van der Waals surface area contributed by atoms with Crippen LogP contribution in [0.3, 0.4) is 0 Å². The number of hydrogen-bond acceptors (Lipinski definition) is 2. The highest BCUT2D eigenvalue weighted by Crippen LogP contribution is 2.04. The van der Waals surface area contributed by atoms with Crippen LogP contribution in [0, 0.1) is 0 Å². The fourth-order valence-corrected chi connectivity index (χ4v) is 1.50. The smallest absolute Gasteiger partial charge is 0.102 e. The Kier molecular flexibility index (Phi) is 3.80. The summed E-state index contributed by atoms with van der Waals surface area (Å²) < 4.78 is 12.0. The van der Waals surface area contributed by atoms with Crippen molar-refractivity contribution in [3.63, 3.8) is 0 Å². The summed E-state index contributed by atoms with van der Waals surface area (Å²) in [7, 11) is 0. The lowest BCUT2D eigenvalue weighted by Gasteiger charge is -2.24. The van der Waals surface area contributed by atoms with E-state index in [1.807, 2.05) is 0 Å². The molecule has 0 amide bonds. The Morgan fingerprint density at radius 3 is 3.09 bits per heavy atom. The summed E-state index contributed by atoms with van der Waals surface area (Å²) in [5.74, 6) is 0. The topological polar surface area (TPSA) is 15.3 Å². The molecule has 0 saturated carbocycles. The van der Waals surface area contributed by atoms with E-state index in [9.17, 15) is 4.39 Å². The Labute approximate surface area is 67.8 Å². The van der Waals surface area contributed by atoms with E-state index in [0.717, 1.165) is 26.1 Å². The molecular weight excluding hydrogens is 143 g/mol. The number of hydrogen-bond donors (Lipinski definition) is 1. The predicted octanol–water partition coefficient (Wildman–Crippen LogP) is 0.640. The zero-order valence-corrected chi connectivity index (χ0v) is 7.15. The maximum atomic E-state index is 12.0. The molecule has 2 nitrogen and oxygen atoms in total. The van der Waals surface area contributed by atoms with Gasteiger partial charge in [-0.1, -0.05) is 0 Å². The van der Waals surface area contributed by atoms with Crippen LogP contribution < -0.4 is 5.32 Å². The normalized spacial score (nSPS) is 28.4. The second kappa shape index (κ2) is 4.67. The molecule has 3 heteroatoms. The minimum atomic E-state index is -0.218. The van der Waals surface area contributed by atoms with Crippen molar-refractivity contribution in [2.45, 2.75) is 19.4 Å². The van der Waals surface area contributed by atoms with Gasteiger partial charge in [0.1, 0.15) is 6.67 Å². The first-order chi connectivity index (χ1) is 5.34. The average Bonchev–Trinajstić information content (AvgIpc) is 2.18. The molecule has 0 aliphatic carbocycles. The van der Waals surface area contributed by atoms with Gasteiger partial charge in [-0.25, -0.2) is 4.39 Å². The van der Waals surface area contributed by atoms with E-state index in [1.54, 1.807) is 0 Å². The fourth-order valence-electron chi connectivity index (χ4n) is 1.50. The van der Waals surface area contributed by atoms with E-state index in [1.165, 1.54) is 0 Å². The summed E-state index contributed by atoms with van der Waals surface area (Å²) in [4.78, 5) is 2.21. The number of halogens is 1. The van der Waals surface area contributed by atoms with Gasteiger partial charge in [0.2, 0.25) is 0 Å². The molecule has 0 aromatic rings. The van der Waals surface area contributed by atoms with E-state index < -0.39 is 0 Å². The van der Waals surface area contributed by atoms with Crippen LogP contribution in [-0.4, -0.2) is 43.8 Å². The molecule has 0 aromatic heterocycles. The lowest BCUT2D eigenvalue weighted by atomic mass is 10.2. The lowest BCUT2D eigenvalue weighted by Crippen LogP contribution is -2.35. The van der Waals surface area contributed by atoms with Crippen LogP contribution in [0.4, 0.5) is 4.39 Å². The molecule has 1 N–H and O–H groups in total. The molecule has 0 spiro atoms.